The zero-order valence-electron chi connectivity index (χ0n) is 18.4. The van der Waals surface area contributed by atoms with Gasteiger partial charge in [-0.1, -0.05) is 12.1 Å². The van der Waals surface area contributed by atoms with Gasteiger partial charge in [-0.3, -0.25) is 9.59 Å². The van der Waals surface area contributed by atoms with E-state index in [1.54, 1.807) is 24.3 Å². The van der Waals surface area contributed by atoms with Gasteiger partial charge < -0.3 is 19.5 Å². The molecule has 0 atom stereocenters. The fourth-order valence-corrected chi connectivity index (χ4v) is 5.40. The van der Waals surface area contributed by atoms with Crippen LogP contribution in [0.3, 0.4) is 0 Å². The molecule has 1 N–H and O–H groups in total. The largest absolute Gasteiger partial charge is 0.474 e. The second kappa shape index (κ2) is 9.92. The number of benzene rings is 1. The number of thioether (sulfide) groups is 1. The Hall–Kier alpha value is -3.65. The summed E-state index contributed by atoms with van der Waals surface area (Å²) >= 11 is 0.553. The average Bonchev–Trinajstić information content (AvgIpc) is 3.08. The summed E-state index contributed by atoms with van der Waals surface area (Å²) in [5, 5.41) is 8.17. The minimum Gasteiger partial charge on any atom is -0.474 e. The first-order valence-corrected chi connectivity index (χ1v) is 13.0. The van der Waals surface area contributed by atoms with Crippen molar-refractivity contribution in [2.24, 2.45) is 0 Å². The third kappa shape index (κ3) is 5.89. The monoisotopic (exact) mass is 520 g/mol. The van der Waals surface area contributed by atoms with Crippen molar-refractivity contribution in [3.05, 3.63) is 47.1 Å². The van der Waals surface area contributed by atoms with Gasteiger partial charge in [0, 0.05) is 25.9 Å². The maximum atomic E-state index is 12.3. The minimum absolute atomic E-state index is 0.000808. The van der Waals surface area contributed by atoms with Crippen LogP contribution >= 0.6 is 11.8 Å². The van der Waals surface area contributed by atoms with Crippen molar-refractivity contribution in [1.29, 1.82) is 0 Å². The number of hydrogen-bond acceptors (Lipinski definition) is 10. The zero-order valence-corrected chi connectivity index (χ0v) is 20.0. The number of carbonyl (C=O) groups excluding carboxylic acids is 2. The van der Waals surface area contributed by atoms with Crippen LogP contribution in [0.5, 0.6) is 17.5 Å². The number of nitrogens with zero attached hydrogens (tertiary/aromatic N) is 4. The van der Waals surface area contributed by atoms with E-state index in [0.29, 0.717) is 54.9 Å². The molecule has 35 heavy (non-hydrogen) atoms. The number of rotatable bonds is 6. The van der Waals surface area contributed by atoms with Crippen molar-refractivity contribution in [1.82, 2.24) is 19.2 Å². The van der Waals surface area contributed by atoms with E-state index in [1.807, 2.05) is 0 Å². The molecule has 0 aliphatic carbocycles. The molecular formula is C21H20N4O8S2. The smallest absolute Gasteiger partial charge is 0.407 e. The minimum atomic E-state index is -3.98. The van der Waals surface area contributed by atoms with Gasteiger partial charge in [-0.25, -0.2) is 23.2 Å². The number of imide groups is 1. The van der Waals surface area contributed by atoms with Crippen LogP contribution in [0, 0.1) is 0 Å². The lowest BCUT2D eigenvalue weighted by atomic mass is 10.1. The Bertz CT molecular complexity index is 1290. The van der Waals surface area contributed by atoms with Crippen LogP contribution in [0.25, 0.3) is 6.08 Å². The molecular weight excluding hydrogens is 500 g/mol. The second-order valence-electron chi connectivity index (χ2n) is 7.66. The molecule has 4 rings (SSSR count). The highest BCUT2D eigenvalue weighted by Crippen LogP contribution is 2.34. The van der Waals surface area contributed by atoms with E-state index in [1.165, 1.54) is 23.4 Å². The molecule has 0 spiro atoms. The number of carboxylic acid groups (broad SMARTS) is 1. The zero-order chi connectivity index (χ0) is 25.2. The molecule has 1 aromatic carbocycles. The summed E-state index contributed by atoms with van der Waals surface area (Å²) in [4.78, 5) is 44.6. The first-order valence-electron chi connectivity index (χ1n) is 10.3. The molecule has 2 aliphatic heterocycles. The van der Waals surface area contributed by atoms with Crippen molar-refractivity contribution < 1.29 is 37.4 Å². The predicted octanol–water partition coefficient (Wildman–Crippen LogP) is 2.79. The molecule has 0 saturated carbocycles. The van der Waals surface area contributed by atoms with E-state index in [0.717, 1.165) is 6.26 Å². The number of ether oxygens (including phenoxy) is 2. The standard InChI is InChI=1S/C21H20N4O8S2/c1-35(30,31)25-19(26)16(34-21(25)29)10-13-2-4-14(5-3-13)32-17-11-18(23-12-22-17)33-15-6-8-24(9-7-15)20(27)28/h2-5,10-12,15H,6-9H2,1H3,(H,27,28)/b16-10-. The van der Waals surface area contributed by atoms with Gasteiger partial charge >= 0.3 is 11.3 Å². The second-order valence-corrected chi connectivity index (χ2v) is 10.5. The van der Waals surface area contributed by atoms with Gasteiger partial charge in [0.15, 0.2) is 0 Å². The summed E-state index contributed by atoms with van der Waals surface area (Å²) in [5.41, 5.74) is 0.566. The Morgan fingerprint density at radius 1 is 1.14 bits per heavy atom. The van der Waals surface area contributed by atoms with Crippen LogP contribution in [0.2, 0.25) is 0 Å². The Labute approximate surface area is 204 Å². The summed E-state index contributed by atoms with van der Waals surface area (Å²) < 4.78 is 35.1. The lowest BCUT2D eigenvalue weighted by molar-refractivity contribution is -0.119. The van der Waals surface area contributed by atoms with Crippen molar-refractivity contribution >= 4 is 45.1 Å². The maximum Gasteiger partial charge on any atom is 0.407 e. The lowest BCUT2D eigenvalue weighted by Crippen LogP contribution is -2.41. The van der Waals surface area contributed by atoms with E-state index >= 15 is 0 Å². The maximum absolute atomic E-state index is 12.3. The number of sulfonamides is 1. The van der Waals surface area contributed by atoms with E-state index in [9.17, 15) is 22.8 Å². The average molecular weight is 521 g/mol. The van der Waals surface area contributed by atoms with Crippen molar-refractivity contribution in [2.75, 3.05) is 19.3 Å². The molecule has 12 nitrogen and oxygen atoms in total. The quantitative estimate of drug-likeness (QED) is 0.559. The van der Waals surface area contributed by atoms with Gasteiger partial charge in [0.05, 0.1) is 17.2 Å². The highest BCUT2D eigenvalue weighted by atomic mass is 32.2. The van der Waals surface area contributed by atoms with E-state index < -0.39 is 27.3 Å². The number of likely N-dealkylation sites (tertiary alicyclic amines) is 1. The highest BCUT2D eigenvalue weighted by Gasteiger charge is 2.41. The lowest BCUT2D eigenvalue weighted by Gasteiger charge is -2.29. The number of hydrogen-bond donors (Lipinski definition) is 1. The predicted molar refractivity (Wildman–Crippen MR) is 124 cm³/mol. The SMILES string of the molecule is CS(=O)(=O)N1C(=O)S/C(=C\c2ccc(Oc3cc(OC4CCN(C(=O)O)CC4)ncn3)cc2)C1=O. The van der Waals surface area contributed by atoms with Crippen LogP contribution in [-0.2, 0) is 14.8 Å². The first kappa shape index (κ1) is 24.5. The molecule has 0 radical (unpaired) electrons. The summed E-state index contributed by atoms with van der Waals surface area (Å²) in [6, 6.07) is 8.05. The summed E-state index contributed by atoms with van der Waals surface area (Å²) in [7, 11) is -3.98. The number of aromatic nitrogens is 2. The molecule has 2 fully saturated rings. The number of amides is 3. The molecule has 2 aromatic rings. The summed E-state index contributed by atoms with van der Waals surface area (Å²) in [5.74, 6) is 0.0952. The Kier molecular flexibility index (Phi) is 6.93. The van der Waals surface area contributed by atoms with Crippen molar-refractivity contribution in [2.45, 2.75) is 18.9 Å². The normalized spacial score (nSPS) is 18.3. The fourth-order valence-electron chi connectivity index (χ4n) is 3.42. The molecule has 3 amide bonds. The van der Waals surface area contributed by atoms with Crippen LogP contribution in [0.1, 0.15) is 18.4 Å². The van der Waals surface area contributed by atoms with Crippen LogP contribution in [0.4, 0.5) is 9.59 Å². The van der Waals surface area contributed by atoms with Crippen LogP contribution in [-0.4, -0.2) is 75.4 Å². The van der Waals surface area contributed by atoms with Gasteiger partial charge in [-0.2, -0.15) is 4.31 Å². The molecule has 14 heteroatoms. The van der Waals surface area contributed by atoms with Gasteiger partial charge in [0.1, 0.15) is 18.2 Å². The third-order valence-electron chi connectivity index (χ3n) is 5.11. The Balaban J connectivity index is 1.38. The van der Waals surface area contributed by atoms with E-state index in [2.05, 4.69) is 9.97 Å². The van der Waals surface area contributed by atoms with Crippen molar-refractivity contribution in [3.63, 3.8) is 0 Å². The first-order chi connectivity index (χ1) is 16.6. The number of piperidine rings is 1. The Morgan fingerprint density at radius 2 is 1.80 bits per heavy atom. The molecule has 184 valence electrons. The van der Waals surface area contributed by atoms with Crippen LogP contribution in [0.15, 0.2) is 41.6 Å². The van der Waals surface area contributed by atoms with Gasteiger partial charge in [-0.05, 0) is 35.5 Å². The number of carbonyl (C=O) groups is 3. The molecule has 0 bridgehead atoms. The van der Waals surface area contributed by atoms with Crippen LogP contribution < -0.4 is 9.47 Å². The fraction of sp³-hybridized carbons (Fsp3) is 0.286. The molecule has 0 unspecified atom stereocenters. The summed E-state index contributed by atoms with van der Waals surface area (Å²) in [6.07, 6.45) is 3.51. The van der Waals surface area contributed by atoms with Gasteiger partial charge in [-0.15, -0.1) is 0 Å². The van der Waals surface area contributed by atoms with E-state index in [-0.39, 0.29) is 21.2 Å². The molecule has 3 heterocycles. The molecule has 2 aliphatic rings. The van der Waals surface area contributed by atoms with Gasteiger partial charge in [0.25, 0.3) is 5.91 Å². The summed E-state index contributed by atoms with van der Waals surface area (Å²) in [6.45, 7) is 0.781. The highest BCUT2D eigenvalue weighted by molar-refractivity contribution is 8.19. The third-order valence-corrected chi connectivity index (χ3v) is 7.09. The van der Waals surface area contributed by atoms with E-state index in [4.69, 9.17) is 14.6 Å². The molecule has 2 saturated heterocycles. The van der Waals surface area contributed by atoms with Crippen molar-refractivity contribution in [3.8, 4) is 17.5 Å². The van der Waals surface area contributed by atoms with Gasteiger partial charge in [0.2, 0.25) is 21.8 Å². The molecule has 1 aromatic heterocycles. The Morgan fingerprint density at radius 3 is 2.40 bits per heavy atom. The topological polar surface area (TPSA) is 156 Å².